The molecule has 102 valence electrons. The van der Waals surface area contributed by atoms with Crippen molar-refractivity contribution >= 4 is 24.8 Å². The zero-order chi connectivity index (χ0) is 12.1. The van der Waals surface area contributed by atoms with Crippen LogP contribution >= 0.6 is 24.8 Å². The number of halogens is 2. The van der Waals surface area contributed by atoms with Crippen LogP contribution < -0.4 is 0 Å². The minimum Gasteiger partial charge on any atom is -0.147 e. The van der Waals surface area contributed by atoms with Crippen molar-refractivity contribution < 1.29 is 22.9 Å². The molecule has 0 saturated heterocycles. The van der Waals surface area contributed by atoms with Gasteiger partial charge in [0.2, 0.25) is 0 Å². The maximum Gasteiger partial charge on any atom is -0.147 e. The third kappa shape index (κ3) is 5.06. The van der Waals surface area contributed by atoms with Crippen LogP contribution in [0.3, 0.4) is 0 Å². The fourth-order valence-electron chi connectivity index (χ4n) is 2.24. The van der Waals surface area contributed by atoms with Gasteiger partial charge in [0.25, 0.3) is 0 Å². The third-order valence-corrected chi connectivity index (χ3v) is 9.03. The maximum absolute atomic E-state index is 3.85. The molecule has 0 aliphatic heterocycles. The van der Waals surface area contributed by atoms with E-state index in [0.29, 0.717) is 0 Å². The summed E-state index contributed by atoms with van der Waals surface area (Å²) in [4.78, 5) is 0. The zero-order valence-corrected chi connectivity index (χ0v) is 16.2. The van der Waals surface area contributed by atoms with E-state index >= 15 is 0 Å². The Labute approximate surface area is 140 Å². The quantitative estimate of drug-likeness (QED) is 0.362. The van der Waals surface area contributed by atoms with E-state index in [1.807, 2.05) is 12.2 Å². The molecule has 0 fully saturated rings. The van der Waals surface area contributed by atoms with Crippen LogP contribution in [0.5, 0.6) is 0 Å². The van der Waals surface area contributed by atoms with Gasteiger partial charge in [-0.15, -0.1) is 24.8 Å². The molecule has 0 atom stereocenters. The van der Waals surface area contributed by atoms with E-state index in [0.717, 1.165) is 12.8 Å². The minimum atomic E-state index is -0.778. The van der Waals surface area contributed by atoms with Gasteiger partial charge in [-0.1, -0.05) is 0 Å². The van der Waals surface area contributed by atoms with Gasteiger partial charge < -0.3 is 0 Å². The summed E-state index contributed by atoms with van der Waals surface area (Å²) in [6.07, 6.45) is 17.8. The molecule has 0 amide bonds. The van der Waals surface area contributed by atoms with Crippen molar-refractivity contribution in [3.63, 3.8) is 0 Å². The Kier molecular flexibility index (Phi) is 9.68. The van der Waals surface area contributed by atoms with Crippen LogP contribution in [0.2, 0.25) is 0 Å². The van der Waals surface area contributed by atoms with Crippen molar-refractivity contribution in [2.45, 2.75) is 25.7 Å². The van der Waals surface area contributed by atoms with Crippen molar-refractivity contribution in [2.24, 2.45) is 0 Å². The predicted octanol–water partition coefficient (Wildman–Crippen LogP) is 5.49. The Hall–Kier alpha value is -0.110. The van der Waals surface area contributed by atoms with Gasteiger partial charge in [-0.25, -0.2) is 0 Å². The summed E-state index contributed by atoms with van der Waals surface area (Å²) < 4.78 is 3.54. The molecule has 2 rings (SSSR count). The molecule has 19 heavy (non-hydrogen) atoms. The summed E-state index contributed by atoms with van der Waals surface area (Å²) in [6, 6.07) is 0. The second-order valence-electron chi connectivity index (χ2n) is 4.33. The molecule has 3 heteroatoms. The molecule has 2 aliphatic rings. The van der Waals surface area contributed by atoms with E-state index in [2.05, 4.69) is 37.5 Å². The van der Waals surface area contributed by atoms with E-state index in [4.69, 9.17) is 0 Å². The van der Waals surface area contributed by atoms with Gasteiger partial charge in [0.1, 0.15) is 0 Å². The molecule has 0 nitrogen and oxygen atoms in total. The van der Waals surface area contributed by atoms with Gasteiger partial charge in [-0.2, -0.15) is 0 Å². The smallest absolute Gasteiger partial charge is 0.147 e. The Morgan fingerprint density at radius 2 is 1.32 bits per heavy atom. The van der Waals surface area contributed by atoms with Crippen LogP contribution in [0, 0.1) is 0 Å². The second-order valence-corrected chi connectivity index (χ2v) is 9.57. The van der Waals surface area contributed by atoms with Crippen LogP contribution in [-0.4, -0.2) is 0 Å². The fourth-order valence-corrected chi connectivity index (χ4v) is 7.61. The molecule has 0 aromatic carbocycles. The predicted molar refractivity (Wildman–Crippen MR) is 85.7 cm³/mol. The van der Waals surface area contributed by atoms with Gasteiger partial charge in [0, 0.05) is 0 Å². The molecule has 0 spiro atoms. The third-order valence-electron chi connectivity index (χ3n) is 3.09. The molecule has 0 heterocycles. The first-order chi connectivity index (χ1) is 8.35. The molecule has 0 radical (unpaired) electrons. The van der Waals surface area contributed by atoms with Gasteiger partial charge in [-0.3, -0.25) is 0 Å². The molecule has 0 saturated carbocycles. The Morgan fingerprint density at radius 3 is 1.68 bits per heavy atom. The number of hydrogen-bond donors (Lipinski definition) is 0. The minimum absolute atomic E-state index is 0. The summed E-state index contributed by atoms with van der Waals surface area (Å²) in [5, 5.41) is 0. The van der Waals surface area contributed by atoms with Gasteiger partial charge in [0.15, 0.2) is 0 Å². The Bertz CT molecular complexity index is 411. The first-order valence-electron chi connectivity index (χ1n) is 6.11. The van der Waals surface area contributed by atoms with Crippen LogP contribution in [0.25, 0.3) is 0 Å². The number of rotatable bonds is 6. The van der Waals surface area contributed by atoms with Crippen molar-refractivity contribution in [1.82, 2.24) is 0 Å². The first kappa shape index (κ1) is 18.9. The molecular formula is C16H20Cl2Hf. The van der Waals surface area contributed by atoms with Gasteiger partial charge in [0.05, 0.1) is 0 Å². The zero-order valence-electron chi connectivity index (χ0n) is 11.0. The molecule has 0 aromatic heterocycles. The standard InChI is InChI=1S/2C8H9.2ClH.Hf/c2*1-2-5-8-6-3-4-7-8;;;/h2*2-3,6H,1,4-5H2;2*1H;. The van der Waals surface area contributed by atoms with Crippen molar-refractivity contribution in [2.75, 3.05) is 0 Å². The summed E-state index contributed by atoms with van der Waals surface area (Å²) >= 11 is -0.778. The average molecular weight is 462 g/mol. The molecule has 0 unspecified atom stereocenters. The topological polar surface area (TPSA) is 0 Å². The van der Waals surface area contributed by atoms with Gasteiger partial charge in [-0.05, 0) is 0 Å². The van der Waals surface area contributed by atoms with Crippen molar-refractivity contribution in [1.29, 1.82) is 0 Å². The van der Waals surface area contributed by atoms with Crippen LogP contribution in [0.4, 0.5) is 0 Å². The SMILES string of the molecule is C=CCC1=[C]([Hf][C]2=C(CC=C)C=CC2)CC=C1.Cl.Cl. The molecule has 0 bridgehead atoms. The van der Waals surface area contributed by atoms with E-state index in [1.165, 1.54) is 12.8 Å². The van der Waals surface area contributed by atoms with Crippen LogP contribution in [0.15, 0.2) is 67.4 Å². The van der Waals surface area contributed by atoms with Gasteiger partial charge >= 0.3 is 116 Å². The number of hydrogen-bond acceptors (Lipinski definition) is 0. The van der Waals surface area contributed by atoms with E-state index in [1.54, 1.807) is 17.8 Å². The summed E-state index contributed by atoms with van der Waals surface area (Å²) in [5.41, 5.74) is 3.11. The Morgan fingerprint density at radius 1 is 0.895 bits per heavy atom. The second kappa shape index (κ2) is 9.74. The van der Waals surface area contributed by atoms with Crippen molar-refractivity contribution in [3.05, 3.63) is 67.4 Å². The van der Waals surface area contributed by atoms with E-state index in [9.17, 15) is 0 Å². The summed E-state index contributed by atoms with van der Waals surface area (Å²) in [6.45, 7) is 7.70. The fraction of sp³-hybridized carbons (Fsp3) is 0.250. The van der Waals surface area contributed by atoms with Crippen LogP contribution in [0.1, 0.15) is 25.7 Å². The monoisotopic (exact) mass is 462 g/mol. The Balaban J connectivity index is 0.00000162. The first-order valence-corrected chi connectivity index (χ1v) is 9.70. The summed E-state index contributed by atoms with van der Waals surface area (Å²) in [7, 11) is 0. The largest absolute Gasteiger partial charge is 0.147 e. The molecule has 0 N–H and O–H groups in total. The van der Waals surface area contributed by atoms with Crippen molar-refractivity contribution in [3.8, 4) is 0 Å². The van der Waals surface area contributed by atoms with Crippen LogP contribution in [-0.2, 0) is 22.9 Å². The molecule has 0 aromatic rings. The summed E-state index contributed by atoms with van der Waals surface area (Å²) in [5.74, 6) is 0. The normalized spacial score (nSPS) is 16.2. The maximum atomic E-state index is 3.85. The van der Waals surface area contributed by atoms with E-state index < -0.39 is 22.9 Å². The van der Waals surface area contributed by atoms with E-state index in [-0.39, 0.29) is 24.8 Å². The average Bonchev–Trinajstić information content (AvgIpc) is 2.92. The molecular weight excluding hydrogens is 442 g/mol. The molecule has 2 aliphatic carbocycles. The number of allylic oxidation sites excluding steroid dienone is 10.